The quantitative estimate of drug-likeness (QED) is 0.674. The predicted molar refractivity (Wildman–Crippen MR) is 97.2 cm³/mol. The fourth-order valence-electron chi connectivity index (χ4n) is 2.78. The SMILES string of the molecule is CC(=O)OC(C(C)=O)C1OCCN(c2cccc(CC(=O)N(C)C)c2)C1=O. The van der Waals surface area contributed by atoms with Crippen LogP contribution in [0.5, 0.6) is 0 Å². The number of rotatable bonds is 6. The van der Waals surface area contributed by atoms with Gasteiger partial charge >= 0.3 is 5.97 Å². The Morgan fingerprint density at radius 3 is 2.59 bits per heavy atom. The van der Waals surface area contributed by atoms with E-state index in [1.165, 1.54) is 23.6 Å². The molecule has 2 amide bonds. The first-order valence-corrected chi connectivity index (χ1v) is 8.60. The summed E-state index contributed by atoms with van der Waals surface area (Å²) in [5.41, 5.74) is 1.37. The minimum Gasteiger partial charge on any atom is -0.451 e. The number of likely N-dealkylation sites (N-methyl/N-ethyl adjacent to an activating group) is 1. The minimum atomic E-state index is -1.28. The Balaban J connectivity index is 2.23. The minimum absolute atomic E-state index is 0.0511. The maximum Gasteiger partial charge on any atom is 0.303 e. The van der Waals surface area contributed by atoms with Gasteiger partial charge in [-0.3, -0.25) is 19.2 Å². The van der Waals surface area contributed by atoms with Gasteiger partial charge in [-0.1, -0.05) is 12.1 Å². The molecule has 2 atom stereocenters. The highest BCUT2D eigenvalue weighted by Crippen LogP contribution is 2.23. The summed E-state index contributed by atoms with van der Waals surface area (Å²) < 4.78 is 10.4. The number of ketones is 1. The molecule has 0 bridgehead atoms. The highest BCUT2D eigenvalue weighted by Gasteiger charge is 2.40. The van der Waals surface area contributed by atoms with Gasteiger partial charge in [0, 0.05) is 33.3 Å². The number of esters is 1. The Morgan fingerprint density at radius 2 is 2.00 bits per heavy atom. The summed E-state index contributed by atoms with van der Waals surface area (Å²) >= 11 is 0. The molecule has 0 radical (unpaired) electrons. The van der Waals surface area contributed by atoms with Crippen molar-refractivity contribution in [1.29, 1.82) is 0 Å². The van der Waals surface area contributed by atoms with Crippen molar-refractivity contribution in [2.75, 3.05) is 32.1 Å². The second kappa shape index (κ2) is 8.77. The van der Waals surface area contributed by atoms with Crippen molar-refractivity contribution in [2.45, 2.75) is 32.5 Å². The molecule has 8 nitrogen and oxygen atoms in total. The van der Waals surface area contributed by atoms with Crippen LogP contribution >= 0.6 is 0 Å². The standard InChI is InChI=1S/C19H24N2O6/c1-12(22)17(27-13(2)23)18-19(25)21(8-9-26-18)15-7-5-6-14(10-15)11-16(24)20(3)4/h5-7,10,17-18H,8-9,11H2,1-4H3. The molecule has 1 heterocycles. The summed E-state index contributed by atoms with van der Waals surface area (Å²) in [7, 11) is 3.36. The van der Waals surface area contributed by atoms with Gasteiger partial charge in [0.1, 0.15) is 0 Å². The first-order chi connectivity index (χ1) is 12.7. The van der Waals surface area contributed by atoms with Gasteiger partial charge in [-0.25, -0.2) is 0 Å². The average molecular weight is 376 g/mol. The topological polar surface area (TPSA) is 93.2 Å². The lowest BCUT2D eigenvalue weighted by Gasteiger charge is -2.35. The van der Waals surface area contributed by atoms with Gasteiger partial charge in [-0.05, 0) is 24.6 Å². The zero-order chi connectivity index (χ0) is 20.1. The monoisotopic (exact) mass is 376 g/mol. The highest BCUT2D eigenvalue weighted by atomic mass is 16.6. The first-order valence-electron chi connectivity index (χ1n) is 8.60. The van der Waals surface area contributed by atoms with Crippen molar-refractivity contribution >= 4 is 29.3 Å². The molecule has 1 aliphatic heterocycles. The van der Waals surface area contributed by atoms with Gasteiger partial charge in [0.15, 0.2) is 18.0 Å². The van der Waals surface area contributed by atoms with Gasteiger partial charge in [0.05, 0.1) is 13.0 Å². The third-order valence-corrected chi connectivity index (χ3v) is 4.17. The fourth-order valence-corrected chi connectivity index (χ4v) is 2.78. The molecule has 8 heteroatoms. The molecule has 0 saturated carbocycles. The maximum atomic E-state index is 12.9. The number of morpholine rings is 1. The van der Waals surface area contributed by atoms with Gasteiger partial charge in [-0.2, -0.15) is 0 Å². The van der Waals surface area contributed by atoms with Crippen LogP contribution in [-0.2, 0) is 35.1 Å². The number of hydrogen-bond donors (Lipinski definition) is 0. The van der Waals surface area contributed by atoms with E-state index in [1.54, 1.807) is 32.3 Å². The van der Waals surface area contributed by atoms with Crippen LogP contribution in [0.2, 0.25) is 0 Å². The molecule has 1 saturated heterocycles. The predicted octanol–water partition coefficient (Wildman–Crippen LogP) is 0.570. The van der Waals surface area contributed by atoms with Crippen molar-refractivity contribution in [3.8, 4) is 0 Å². The summed E-state index contributed by atoms with van der Waals surface area (Å²) in [5, 5.41) is 0. The molecule has 146 valence electrons. The zero-order valence-electron chi connectivity index (χ0n) is 15.9. The van der Waals surface area contributed by atoms with Crippen LogP contribution in [0.15, 0.2) is 24.3 Å². The van der Waals surface area contributed by atoms with Crippen LogP contribution in [0.4, 0.5) is 5.69 Å². The number of anilines is 1. The number of carbonyl (C=O) groups excluding carboxylic acids is 4. The number of hydrogen-bond acceptors (Lipinski definition) is 6. The molecular weight excluding hydrogens is 352 g/mol. The zero-order valence-corrected chi connectivity index (χ0v) is 15.9. The number of carbonyl (C=O) groups is 4. The molecule has 1 aromatic rings. The van der Waals surface area contributed by atoms with Crippen molar-refractivity contribution in [3.05, 3.63) is 29.8 Å². The molecule has 2 rings (SSSR count). The van der Waals surface area contributed by atoms with E-state index in [4.69, 9.17) is 9.47 Å². The lowest BCUT2D eigenvalue weighted by atomic mass is 10.1. The summed E-state index contributed by atoms with van der Waals surface area (Å²) in [6.45, 7) is 2.91. The molecule has 0 aromatic heterocycles. The van der Waals surface area contributed by atoms with E-state index >= 15 is 0 Å². The Bertz CT molecular complexity index is 745. The lowest BCUT2D eigenvalue weighted by molar-refractivity contribution is -0.167. The van der Waals surface area contributed by atoms with E-state index in [2.05, 4.69) is 0 Å². The highest BCUT2D eigenvalue weighted by molar-refractivity contribution is 6.01. The number of benzene rings is 1. The van der Waals surface area contributed by atoms with Crippen LogP contribution < -0.4 is 4.90 Å². The van der Waals surface area contributed by atoms with Crippen LogP contribution in [0.3, 0.4) is 0 Å². The molecule has 0 spiro atoms. The molecule has 0 aliphatic carbocycles. The Kier molecular flexibility index (Phi) is 6.68. The first kappa shape index (κ1) is 20.6. The average Bonchev–Trinajstić information content (AvgIpc) is 2.60. The van der Waals surface area contributed by atoms with Crippen molar-refractivity contribution in [3.63, 3.8) is 0 Å². The van der Waals surface area contributed by atoms with E-state index in [0.717, 1.165) is 5.56 Å². The van der Waals surface area contributed by atoms with Crippen LogP contribution in [0, 0.1) is 0 Å². The number of amides is 2. The Labute approximate surface area is 158 Å². The Hall–Kier alpha value is -2.74. The van der Waals surface area contributed by atoms with Gasteiger partial charge in [0.25, 0.3) is 5.91 Å². The smallest absolute Gasteiger partial charge is 0.303 e. The summed E-state index contributed by atoms with van der Waals surface area (Å²) in [4.78, 5) is 50.9. The molecule has 2 unspecified atom stereocenters. The molecule has 27 heavy (non-hydrogen) atoms. The lowest BCUT2D eigenvalue weighted by Crippen LogP contribution is -2.55. The molecule has 1 fully saturated rings. The molecule has 1 aliphatic rings. The third-order valence-electron chi connectivity index (χ3n) is 4.17. The van der Waals surface area contributed by atoms with Crippen LogP contribution in [0.25, 0.3) is 0 Å². The fraction of sp³-hybridized carbons (Fsp3) is 0.474. The van der Waals surface area contributed by atoms with E-state index in [0.29, 0.717) is 12.2 Å². The third kappa shape index (κ3) is 5.13. The summed E-state index contributed by atoms with van der Waals surface area (Å²) in [5.74, 6) is -1.63. The molecule has 1 aromatic carbocycles. The second-order valence-corrected chi connectivity index (χ2v) is 6.56. The largest absolute Gasteiger partial charge is 0.451 e. The van der Waals surface area contributed by atoms with Crippen molar-refractivity contribution in [1.82, 2.24) is 4.90 Å². The molecular formula is C19H24N2O6. The van der Waals surface area contributed by atoms with Crippen molar-refractivity contribution < 1.29 is 28.7 Å². The Morgan fingerprint density at radius 1 is 1.30 bits per heavy atom. The van der Waals surface area contributed by atoms with Crippen LogP contribution in [-0.4, -0.2) is 67.9 Å². The normalized spacial score (nSPS) is 18.0. The molecule has 0 N–H and O–H groups in total. The van der Waals surface area contributed by atoms with Crippen molar-refractivity contribution in [2.24, 2.45) is 0 Å². The summed E-state index contributed by atoms with van der Waals surface area (Å²) in [6, 6.07) is 7.08. The van der Waals surface area contributed by atoms with Gasteiger partial charge in [-0.15, -0.1) is 0 Å². The van der Waals surface area contributed by atoms with Crippen LogP contribution in [0.1, 0.15) is 19.4 Å². The van der Waals surface area contributed by atoms with E-state index < -0.39 is 29.9 Å². The van der Waals surface area contributed by atoms with E-state index in [1.807, 2.05) is 6.07 Å². The second-order valence-electron chi connectivity index (χ2n) is 6.56. The summed E-state index contributed by atoms with van der Waals surface area (Å²) in [6.07, 6.45) is -2.25. The maximum absolute atomic E-state index is 12.9. The van der Waals surface area contributed by atoms with E-state index in [-0.39, 0.29) is 18.9 Å². The van der Waals surface area contributed by atoms with Gasteiger partial charge < -0.3 is 19.3 Å². The number of ether oxygens (including phenoxy) is 2. The van der Waals surface area contributed by atoms with Gasteiger partial charge in [0.2, 0.25) is 5.91 Å². The number of nitrogens with zero attached hydrogens (tertiary/aromatic N) is 2. The number of Topliss-reactive ketones (excluding diaryl/α,β-unsaturated/α-hetero) is 1. The van der Waals surface area contributed by atoms with E-state index in [9.17, 15) is 19.2 Å².